The number of nitrogens with zero attached hydrogens (tertiary/aromatic N) is 2. The highest BCUT2D eigenvalue weighted by atomic mass is 32.2. The van der Waals surface area contributed by atoms with Crippen LogP contribution in [0.3, 0.4) is 0 Å². The second kappa shape index (κ2) is 4.02. The summed E-state index contributed by atoms with van der Waals surface area (Å²) in [5, 5.41) is 10.8. The molecule has 2 rings (SSSR count). The molecule has 6 nitrogen and oxygen atoms in total. The van der Waals surface area contributed by atoms with Crippen molar-refractivity contribution in [2.45, 2.75) is 4.90 Å². The molecule has 17 heavy (non-hydrogen) atoms. The SMILES string of the molecule is O=[N+]([O-])c1ccccc1S(=O)(=O)n1cccc1. The predicted octanol–water partition coefficient (Wildman–Crippen LogP) is 1.63. The Morgan fingerprint density at radius 2 is 1.65 bits per heavy atom. The number of aromatic nitrogens is 1. The van der Waals surface area contributed by atoms with E-state index in [1.807, 2.05) is 0 Å². The minimum atomic E-state index is -3.90. The molecule has 0 amide bonds. The van der Waals surface area contributed by atoms with Crippen LogP contribution in [0.4, 0.5) is 5.69 Å². The Hall–Kier alpha value is -2.15. The first-order valence-corrected chi connectivity index (χ1v) is 6.09. The number of rotatable bonds is 3. The van der Waals surface area contributed by atoms with Gasteiger partial charge in [-0.05, 0) is 18.2 Å². The van der Waals surface area contributed by atoms with E-state index in [0.717, 1.165) is 10.0 Å². The van der Waals surface area contributed by atoms with Crippen molar-refractivity contribution in [3.8, 4) is 0 Å². The molecule has 88 valence electrons. The second-order valence-corrected chi connectivity index (χ2v) is 5.05. The standard InChI is InChI=1S/C10H8N2O4S/c13-12(14)9-5-1-2-6-10(9)17(15,16)11-7-3-4-8-11/h1-8H. The third-order valence-electron chi connectivity index (χ3n) is 2.19. The summed E-state index contributed by atoms with van der Waals surface area (Å²) in [5.74, 6) is 0. The second-order valence-electron chi connectivity index (χ2n) is 3.24. The number of hydrogen-bond acceptors (Lipinski definition) is 4. The van der Waals surface area contributed by atoms with Crippen LogP contribution in [0.1, 0.15) is 0 Å². The van der Waals surface area contributed by atoms with Crippen molar-refractivity contribution in [1.82, 2.24) is 3.97 Å². The van der Waals surface area contributed by atoms with Crippen molar-refractivity contribution in [3.63, 3.8) is 0 Å². The van der Waals surface area contributed by atoms with Gasteiger partial charge in [-0.2, -0.15) is 0 Å². The monoisotopic (exact) mass is 252 g/mol. The molecule has 0 aliphatic heterocycles. The first-order valence-electron chi connectivity index (χ1n) is 4.65. The Labute approximate surface area is 97.3 Å². The number of benzene rings is 1. The van der Waals surface area contributed by atoms with Gasteiger partial charge in [-0.1, -0.05) is 12.1 Å². The van der Waals surface area contributed by atoms with Gasteiger partial charge in [-0.25, -0.2) is 12.4 Å². The minimum absolute atomic E-state index is 0.318. The quantitative estimate of drug-likeness (QED) is 0.614. The first-order chi connectivity index (χ1) is 8.03. The maximum Gasteiger partial charge on any atom is 0.289 e. The molecule has 1 aromatic carbocycles. The van der Waals surface area contributed by atoms with E-state index in [4.69, 9.17) is 0 Å². The van der Waals surface area contributed by atoms with Gasteiger partial charge in [0, 0.05) is 18.5 Å². The Balaban J connectivity index is 2.67. The van der Waals surface area contributed by atoms with E-state index in [2.05, 4.69) is 0 Å². The molecular weight excluding hydrogens is 244 g/mol. The van der Waals surface area contributed by atoms with E-state index in [1.165, 1.54) is 42.7 Å². The summed E-state index contributed by atoms with van der Waals surface area (Å²) in [6.07, 6.45) is 2.65. The lowest BCUT2D eigenvalue weighted by molar-refractivity contribution is -0.387. The summed E-state index contributed by atoms with van der Waals surface area (Å²) >= 11 is 0. The maximum absolute atomic E-state index is 12.1. The molecule has 0 atom stereocenters. The van der Waals surface area contributed by atoms with E-state index < -0.39 is 20.6 Å². The van der Waals surface area contributed by atoms with Crippen LogP contribution in [0.2, 0.25) is 0 Å². The zero-order valence-electron chi connectivity index (χ0n) is 8.55. The molecule has 0 fully saturated rings. The molecular formula is C10H8N2O4S. The van der Waals surface area contributed by atoms with Crippen molar-refractivity contribution < 1.29 is 13.3 Å². The number of nitro groups is 1. The summed E-state index contributed by atoms with van der Waals surface area (Å²) in [4.78, 5) is 9.74. The van der Waals surface area contributed by atoms with Gasteiger partial charge in [0.15, 0.2) is 4.90 Å². The third kappa shape index (κ3) is 1.92. The van der Waals surface area contributed by atoms with Gasteiger partial charge in [-0.3, -0.25) is 10.1 Å². The molecule has 1 aromatic heterocycles. The molecule has 0 N–H and O–H groups in total. The predicted molar refractivity (Wildman–Crippen MR) is 60.1 cm³/mol. The number of hydrogen-bond donors (Lipinski definition) is 0. The average Bonchev–Trinajstić information content (AvgIpc) is 2.83. The van der Waals surface area contributed by atoms with E-state index in [-0.39, 0.29) is 4.90 Å². The normalized spacial score (nSPS) is 11.3. The highest BCUT2D eigenvalue weighted by Gasteiger charge is 2.25. The van der Waals surface area contributed by atoms with Crippen molar-refractivity contribution in [2.75, 3.05) is 0 Å². The first kappa shape index (κ1) is 11.3. The molecule has 0 unspecified atom stereocenters. The summed E-state index contributed by atoms with van der Waals surface area (Å²) in [5.41, 5.74) is -0.429. The molecule has 0 aliphatic rings. The fraction of sp³-hybridized carbons (Fsp3) is 0. The van der Waals surface area contributed by atoms with E-state index in [1.54, 1.807) is 0 Å². The number of para-hydroxylation sites is 1. The van der Waals surface area contributed by atoms with Gasteiger partial charge in [0.2, 0.25) is 0 Å². The van der Waals surface area contributed by atoms with Gasteiger partial charge < -0.3 is 0 Å². The largest absolute Gasteiger partial charge is 0.289 e. The average molecular weight is 252 g/mol. The number of nitro benzene ring substituents is 1. The van der Waals surface area contributed by atoms with Crippen LogP contribution in [-0.2, 0) is 10.0 Å². The van der Waals surface area contributed by atoms with Crippen molar-refractivity contribution >= 4 is 15.7 Å². The van der Waals surface area contributed by atoms with E-state index in [0.29, 0.717) is 0 Å². The summed E-state index contributed by atoms with van der Waals surface area (Å²) in [6, 6.07) is 8.32. The van der Waals surface area contributed by atoms with Gasteiger partial charge in [0.1, 0.15) is 0 Å². The van der Waals surface area contributed by atoms with Gasteiger partial charge in [0.05, 0.1) is 4.92 Å². The zero-order valence-corrected chi connectivity index (χ0v) is 9.37. The molecule has 0 spiro atoms. The van der Waals surface area contributed by atoms with Crippen LogP contribution in [0.15, 0.2) is 53.7 Å². The molecule has 0 saturated heterocycles. The van der Waals surface area contributed by atoms with Crippen LogP contribution in [-0.4, -0.2) is 17.3 Å². The minimum Gasteiger partial charge on any atom is -0.258 e. The Morgan fingerprint density at radius 3 is 2.24 bits per heavy atom. The van der Waals surface area contributed by atoms with Crippen LogP contribution in [0.5, 0.6) is 0 Å². The fourth-order valence-corrected chi connectivity index (χ4v) is 2.76. The van der Waals surface area contributed by atoms with Gasteiger partial charge >= 0.3 is 0 Å². The lowest BCUT2D eigenvalue weighted by Gasteiger charge is -2.05. The molecule has 1 heterocycles. The zero-order chi connectivity index (χ0) is 12.5. The molecule has 0 aliphatic carbocycles. The maximum atomic E-state index is 12.1. The van der Waals surface area contributed by atoms with Crippen LogP contribution in [0, 0.1) is 10.1 Å². The topological polar surface area (TPSA) is 82.2 Å². The van der Waals surface area contributed by atoms with Gasteiger partial charge in [0.25, 0.3) is 15.7 Å². The summed E-state index contributed by atoms with van der Waals surface area (Å²) in [6.45, 7) is 0. The highest BCUT2D eigenvalue weighted by molar-refractivity contribution is 7.90. The van der Waals surface area contributed by atoms with Crippen molar-refractivity contribution in [1.29, 1.82) is 0 Å². The lowest BCUT2D eigenvalue weighted by atomic mass is 10.3. The Kier molecular flexibility index (Phi) is 2.68. The van der Waals surface area contributed by atoms with Crippen LogP contribution >= 0.6 is 0 Å². The molecule has 0 bridgehead atoms. The van der Waals surface area contributed by atoms with Crippen LogP contribution in [0.25, 0.3) is 0 Å². The summed E-state index contributed by atoms with van der Waals surface area (Å²) < 4.78 is 25.1. The van der Waals surface area contributed by atoms with E-state index in [9.17, 15) is 18.5 Å². The molecule has 2 aromatic rings. The highest BCUT2D eigenvalue weighted by Crippen LogP contribution is 2.24. The molecule has 0 saturated carbocycles. The van der Waals surface area contributed by atoms with E-state index >= 15 is 0 Å². The Bertz CT molecular complexity index is 647. The smallest absolute Gasteiger partial charge is 0.258 e. The van der Waals surface area contributed by atoms with Crippen LogP contribution < -0.4 is 0 Å². The van der Waals surface area contributed by atoms with Crippen molar-refractivity contribution in [2.24, 2.45) is 0 Å². The lowest BCUT2D eigenvalue weighted by Crippen LogP contribution is -2.12. The molecule has 0 radical (unpaired) electrons. The summed E-state index contributed by atoms with van der Waals surface area (Å²) in [7, 11) is -3.90. The third-order valence-corrected chi connectivity index (χ3v) is 3.89. The Morgan fingerprint density at radius 1 is 1.06 bits per heavy atom. The van der Waals surface area contributed by atoms with Crippen molar-refractivity contribution in [3.05, 3.63) is 58.9 Å². The molecule has 7 heteroatoms. The fourth-order valence-electron chi connectivity index (χ4n) is 1.42. The van der Waals surface area contributed by atoms with Gasteiger partial charge in [-0.15, -0.1) is 0 Å².